The summed E-state index contributed by atoms with van der Waals surface area (Å²) in [6, 6.07) is 6.48. The minimum absolute atomic E-state index is 0.0995. The van der Waals surface area contributed by atoms with Crippen molar-refractivity contribution >= 4 is 34.2 Å². The lowest BCUT2D eigenvalue weighted by Crippen LogP contribution is -2.50. The molecular formula is C19H22ClFN4O. The van der Waals surface area contributed by atoms with Crippen LogP contribution in [-0.4, -0.2) is 55.1 Å². The maximum Gasteiger partial charge on any atom is 0.225 e. The highest BCUT2D eigenvalue weighted by molar-refractivity contribution is 6.35. The Bertz CT molecular complexity index is 817. The van der Waals surface area contributed by atoms with Gasteiger partial charge in [-0.3, -0.25) is 4.79 Å². The Morgan fingerprint density at radius 1 is 1.15 bits per heavy atom. The number of fused-ring (bicyclic) bond motifs is 1. The van der Waals surface area contributed by atoms with Crippen molar-refractivity contribution < 1.29 is 9.18 Å². The Labute approximate surface area is 157 Å². The summed E-state index contributed by atoms with van der Waals surface area (Å²) in [6.07, 6.45) is 1.67. The largest absolute Gasteiger partial charge is 0.357 e. The van der Waals surface area contributed by atoms with E-state index in [1.807, 2.05) is 17.0 Å². The van der Waals surface area contributed by atoms with E-state index in [0.29, 0.717) is 15.9 Å². The number of nitrogens with one attached hydrogen (secondary N) is 1. The SMILES string of the molecule is O=C(C1CCN(c2ccc3cc(F)cc(Cl)c3n2)CC1)N1CCNCC1. The molecule has 0 saturated carbocycles. The number of halogens is 2. The molecule has 2 saturated heterocycles. The molecule has 0 radical (unpaired) electrons. The first-order chi connectivity index (χ1) is 12.6. The van der Waals surface area contributed by atoms with Crippen LogP contribution in [0.15, 0.2) is 24.3 Å². The molecular weight excluding hydrogens is 355 g/mol. The first-order valence-corrected chi connectivity index (χ1v) is 9.50. The molecule has 7 heteroatoms. The summed E-state index contributed by atoms with van der Waals surface area (Å²) in [5, 5.41) is 4.30. The van der Waals surface area contributed by atoms with E-state index in [-0.39, 0.29) is 17.6 Å². The van der Waals surface area contributed by atoms with Crippen molar-refractivity contribution in [1.29, 1.82) is 0 Å². The fraction of sp³-hybridized carbons (Fsp3) is 0.474. The van der Waals surface area contributed by atoms with Gasteiger partial charge in [-0.1, -0.05) is 11.6 Å². The number of carbonyl (C=O) groups is 1. The molecule has 26 heavy (non-hydrogen) atoms. The second kappa shape index (κ2) is 7.37. The molecule has 2 aliphatic rings. The first kappa shape index (κ1) is 17.5. The van der Waals surface area contributed by atoms with Crippen molar-refractivity contribution in [3.8, 4) is 0 Å². The van der Waals surface area contributed by atoms with Crippen molar-refractivity contribution in [2.45, 2.75) is 12.8 Å². The number of benzene rings is 1. The van der Waals surface area contributed by atoms with E-state index in [1.54, 1.807) is 0 Å². The summed E-state index contributed by atoms with van der Waals surface area (Å²) >= 11 is 6.15. The third-order valence-corrected chi connectivity index (χ3v) is 5.58. The standard InChI is InChI=1S/C19H22ClFN4O/c20-16-12-15(21)11-14-1-2-17(23-18(14)16)24-7-3-13(4-8-24)19(26)25-9-5-22-6-10-25/h1-2,11-13,22H,3-10H2. The van der Waals surface area contributed by atoms with Crippen LogP contribution in [0, 0.1) is 11.7 Å². The van der Waals surface area contributed by atoms with E-state index in [1.165, 1.54) is 12.1 Å². The smallest absolute Gasteiger partial charge is 0.225 e. The maximum atomic E-state index is 13.5. The van der Waals surface area contributed by atoms with E-state index >= 15 is 0 Å². The fourth-order valence-electron chi connectivity index (χ4n) is 3.82. The lowest BCUT2D eigenvalue weighted by Gasteiger charge is -2.36. The molecule has 0 bridgehead atoms. The topological polar surface area (TPSA) is 48.5 Å². The summed E-state index contributed by atoms with van der Waals surface area (Å²) < 4.78 is 13.5. The molecule has 2 aromatic rings. The highest BCUT2D eigenvalue weighted by atomic mass is 35.5. The van der Waals surface area contributed by atoms with Gasteiger partial charge in [0.25, 0.3) is 0 Å². The van der Waals surface area contributed by atoms with Gasteiger partial charge in [-0.2, -0.15) is 0 Å². The summed E-state index contributed by atoms with van der Waals surface area (Å²) in [4.78, 5) is 21.4. The third-order valence-electron chi connectivity index (χ3n) is 5.29. The van der Waals surface area contributed by atoms with Crippen molar-refractivity contribution in [3.05, 3.63) is 35.1 Å². The lowest BCUT2D eigenvalue weighted by atomic mass is 9.95. The molecule has 4 rings (SSSR count). The quantitative estimate of drug-likeness (QED) is 0.875. The van der Waals surface area contributed by atoms with Crippen LogP contribution >= 0.6 is 11.6 Å². The predicted octanol–water partition coefficient (Wildman–Crippen LogP) is 2.68. The van der Waals surface area contributed by atoms with Gasteiger partial charge in [0.2, 0.25) is 5.91 Å². The van der Waals surface area contributed by atoms with Crippen LogP contribution in [0.3, 0.4) is 0 Å². The van der Waals surface area contributed by atoms with Crippen LogP contribution < -0.4 is 10.2 Å². The van der Waals surface area contributed by atoms with E-state index in [9.17, 15) is 9.18 Å². The third kappa shape index (κ3) is 3.48. The van der Waals surface area contributed by atoms with Gasteiger partial charge in [0.1, 0.15) is 11.6 Å². The summed E-state index contributed by atoms with van der Waals surface area (Å²) in [6.45, 7) is 4.96. The number of hydrogen-bond donors (Lipinski definition) is 1. The van der Waals surface area contributed by atoms with E-state index in [2.05, 4.69) is 15.2 Å². The molecule has 1 aromatic heterocycles. The van der Waals surface area contributed by atoms with Crippen LogP contribution in [0.2, 0.25) is 5.02 Å². The number of anilines is 1. The van der Waals surface area contributed by atoms with Crippen LogP contribution in [0.1, 0.15) is 12.8 Å². The molecule has 1 aromatic carbocycles. The normalized spacial score (nSPS) is 19.2. The molecule has 5 nitrogen and oxygen atoms in total. The Kier molecular flexibility index (Phi) is 4.96. The van der Waals surface area contributed by atoms with Crippen LogP contribution in [0.4, 0.5) is 10.2 Å². The minimum atomic E-state index is -0.357. The van der Waals surface area contributed by atoms with Crippen LogP contribution in [0.5, 0.6) is 0 Å². The Hall–Kier alpha value is -1.92. The first-order valence-electron chi connectivity index (χ1n) is 9.12. The molecule has 0 spiro atoms. The second-order valence-electron chi connectivity index (χ2n) is 6.97. The maximum absolute atomic E-state index is 13.5. The zero-order valence-corrected chi connectivity index (χ0v) is 15.3. The number of aromatic nitrogens is 1. The number of amides is 1. The van der Waals surface area contributed by atoms with Crippen molar-refractivity contribution in [2.24, 2.45) is 5.92 Å². The molecule has 0 atom stereocenters. The monoisotopic (exact) mass is 376 g/mol. The van der Waals surface area contributed by atoms with Crippen molar-refractivity contribution in [3.63, 3.8) is 0 Å². The van der Waals surface area contributed by atoms with Gasteiger partial charge in [0.15, 0.2) is 0 Å². The Morgan fingerprint density at radius 3 is 2.62 bits per heavy atom. The van der Waals surface area contributed by atoms with Gasteiger partial charge in [0.05, 0.1) is 10.5 Å². The molecule has 0 unspecified atom stereocenters. The zero-order valence-electron chi connectivity index (χ0n) is 14.5. The number of piperidine rings is 1. The average molecular weight is 377 g/mol. The number of hydrogen-bond acceptors (Lipinski definition) is 4. The molecule has 2 fully saturated rings. The summed E-state index contributed by atoms with van der Waals surface area (Å²) in [5.41, 5.74) is 0.615. The molecule has 138 valence electrons. The average Bonchev–Trinajstić information content (AvgIpc) is 2.68. The summed E-state index contributed by atoms with van der Waals surface area (Å²) in [7, 11) is 0. The fourth-order valence-corrected chi connectivity index (χ4v) is 4.08. The Balaban J connectivity index is 1.44. The number of pyridine rings is 1. The number of nitrogens with zero attached hydrogens (tertiary/aromatic N) is 3. The highest BCUT2D eigenvalue weighted by Crippen LogP contribution is 2.28. The second-order valence-corrected chi connectivity index (χ2v) is 7.37. The summed E-state index contributed by atoms with van der Waals surface area (Å²) in [5.74, 6) is 0.863. The van der Waals surface area contributed by atoms with E-state index < -0.39 is 0 Å². The molecule has 3 heterocycles. The molecule has 2 aliphatic heterocycles. The van der Waals surface area contributed by atoms with Gasteiger partial charge < -0.3 is 15.1 Å². The van der Waals surface area contributed by atoms with Gasteiger partial charge in [-0.15, -0.1) is 0 Å². The molecule has 1 N–H and O–H groups in total. The van der Waals surface area contributed by atoms with Gasteiger partial charge in [0, 0.05) is 50.6 Å². The number of carbonyl (C=O) groups excluding carboxylic acids is 1. The highest BCUT2D eigenvalue weighted by Gasteiger charge is 2.29. The minimum Gasteiger partial charge on any atom is -0.357 e. The van der Waals surface area contributed by atoms with Gasteiger partial charge in [-0.05, 0) is 37.1 Å². The van der Waals surface area contributed by atoms with E-state index in [0.717, 1.165) is 57.9 Å². The number of piperazine rings is 1. The van der Waals surface area contributed by atoms with Crippen LogP contribution in [0.25, 0.3) is 10.9 Å². The van der Waals surface area contributed by atoms with Crippen LogP contribution in [-0.2, 0) is 4.79 Å². The van der Waals surface area contributed by atoms with Crippen molar-refractivity contribution in [1.82, 2.24) is 15.2 Å². The van der Waals surface area contributed by atoms with E-state index in [4.69, 9.17) is 11.6 Å². The molecule has 1 amide bonds. The van der Waals surface area contributed by atoms with Crippen molar-refractivity contribution in [2.75, 3.05) is 44.2 Å². The lowest BCUT2D eigenvalue weighted by molar-refractivity contribution is -0.136. The molecule has 0 aliphatic carbocycles. The Morgan fingerprint density at radius 2 is 1.88 bits per heavy atom. The zero-order chi connectivity index (χ0) is 18.1. The van der Waals surface area contributed by atoms with Gasteiger partial charge >= 0.3 is 0 Å². The number of rotatable bonds is 2. The predicted molar refractivity (Wildman–Crippen MR) is 101 cm³/mol. The van der Waals surface area contributed by atoms with Gasteiger partial charge in [-0.25, -0.2) is 9.37 Å².